The van der Waals surface area contributed by atoms with Crippen molar-refractivity contribution in [1.29, 1.82) is 0 Å². The van der Waals surface area contributed by atoms with E-state index in [2.05, 4.69) is 43.2 Å². The molecule has 1 spiro atoms. The molecule has 2 atom stereocenters. The Morgan fingerprint density at radius 1 is 1.29 bits per heavy atom. The van der Waals surface area contributed by atoms with E-state index in [9.17, 15) is 5.11 Å². The Hall–Kier alpha value is -1.93. The Balaban J connectivity index is 1.71. The zero-order chi connectivity index (χ0) is 24.5. The third-order valence-corrected chi connectivity index (χ3v) is 7.29. The number of nitrogens with one attached hydrogen (secondary N) is 2. The number of aliphatic hydroxyl groups is 1. The van der Waals surface area contributed by atoms with Gasteiger partial charge in [0.2, 0.25) is 0 Å². The van der Waals surface area contributed by atoms with Gasteiger partial charge in [-0.2, -0.15) is 0 Å². The smallest absolute Gasteiger partial charge is 0.163 e. The minimum Gasteiger partial charge on any atom is -0.491 e. The van der Waals surface area contributed by atoms with E-state index in [1.807, 2.05) is 18.2 Å². The Labute approximate surface area is 208 Å². The third-order valence-electron chi connectivity index (χ3n) is 6.96. The van der Waals surface area contributed by atoms with Crippen LogP contribution in [0.25, 0.3) is 11.4 Å². The fourth-order valence-electron chi connectivity index (χ4n) is 5.18. The second-order valence-electron chi connectivity index (χ2n) is 10.9. The van der Waals surface area contributed by atoms with Crippen LogP contribution >= 0.6 is 11.6 Å². The zero-order valence-corrected chi connectivity index (χ0v) is 21.8. The highest BCUT2D eigenvalue weighted by atomic mass is 35.5. The highest BCUT2D eigenvalue weighted by Crippen LogP contribution is 2.41. The fraction of sp³-hybridized carbons (Fsp3) is 0.615. The molecular formula is C26H38ClN5O2. The van der Waals surface area contributed by atoms with Gasteiger partial charge in [-0.05, 0) is 51.6 Å². The molecule has 0 aliphatic carbocycles. The van der Waals surface area contributed by atoms with E-state index in [1.54, 1.807) is 7.05 Å². The molecule has 0 radical (unpaired) electrons. The molecule has 34 heavy (non-hydrogen) atoms. The molecule has 1 aromatic heterocycles. The monoisotopic (exact) mass is 487 g/mol. The molecule has 0 bridgehead atoms. The molecule has 186 valence electrons. The number of aromatic nitrogens is 2. The molecule has 1 aromatic carbocycles. The largest absolute Gasteiger partial charge is 0.491 e. The maximum atomic E-state index is 10.0. The molecule has 2 fully saturated rings. The number of ether oxygens (including phenoxy) is 1. The van der Waals surface area contributed by atoms with Gasteiger partial charge in [0.25, 0.3) is 0 Å². The first-order valence-electron chi connectivity index (χ1n) is 12.2. The maximum absolute atomic E-state index is 10.0. The SMILES string of the molecule is CNC[C@@H](O)COc1ccc(Cl)c(-c2nc(N3CCC4(CCNC4)C3)c(C)c(C(C)(C)C)n2)c1. The van der Waals surface area contributed by atoms with Gasteiger partial charge in [-0.15, -0.1) is 0 Å². The summed E-state index contributed by atoms with van der Waals surface area (Å²) < 4.78 is 5.83. The lowest BCUT2D eigenvalue weighted by Crippen LogP contribution is -2.31. The van der Waals surface area contributed by atoms with Gasteiger partial charge in [0.15, 0.2) is 5.82 Å². The number of aliphatic hydroxyl groups excluding tert-OH is 1. The summed E-state index contributed by atoms with van der Waals surface area (Å²) in [7, 11) is 1.80. The van der Waals surface area contributed by atoms with Gasteiger partial charge in [0.1, 0.15) is 24.3 Å². The van der Waals surface area contributed by atoms with Gasteiger partial charge >= 0.3 is 0 Å². The van der Waals surface area contributed by atoms with E-state index in [0.29, 0.717) is 28.6 Å². The van der Waals surface area contributed by atoms with Crippen LogP contribution in [-0.4, -0.2) is 67.6 Å². The summed E-state index contributed by atoms with van der Waals surface area (Å²) >= 11 is 6.64. The Morgan fingerprint density at radius 3 is 2.76 bits per heavy atom. The van der Waals surface area contributed by atoms with Gasteiger partial charge in [-0.25, -0.2) is 9.97 Å². The molecule has 1 unspecified atom stereocenters. The van der Waals surface area contributed by atoms with Crippen molar-refractivity contribution in [2.24, 2.45) is 5.41 Å². The summed E-state index contributed by atoms with van der Waals surface area (Å²) in [5.74, 6) is 2.25. The second kappa shape index (κ2) is 9.97. The van der Waals surface area contributed by atoms with Crippen LogP contribution in [0.5, 0.6) is 5.75 Å². The van der Waals surface area contributed by atoms with Crippen molar-refractivity contribution >= 4 is 17.4 Å². The van der Waals surface area contributed by atoms with Crippen molar-refractivity contribution in [1.82, 2.24) is 20.6 Å². The highest BCUT2D eigenvalue weighted by Gasteiger charge is 2.41. The van der Waals surface area contributed by atoms with Crippen molar-refractivity contribution in [3.8, 4) is 17.1 Å². The summed E-state index contributed by atoms with van der Waals surface area (Å²) in [6, 6.07) is 5.50. The molecule has 2 aliphatic rings. The molecule has 3 heterocycles. The molecule has 2 aliphatic heterocycles. The third kappa shape index (κ3) is 5.33. The molecule has 0 amide bonds. The first-order chi connectivity index (χ1) is 16.1. The number of rotatable bonds is 7. The fourth-order valence-corrected chi connectivity index (χ4v) is 5.38. The quantitative estimate of drug-likeness (QED) is 0.550. The lowest BCUT2D eigenvalue weighted by Gasteiger charge is -2.28. The van der Waals surface area contributed by atoms with E-state index in [-0.39, 0.29) is 12.0 Å². The number of benzene rings is 1. The summed E-state index contributed by atoms with van der Waals surface area (Å²) in [4.78, 5) is 12.5. The van der Waals surface area contributed by atoms with Crippen molar-refractivity contribution in [2.75, 3.05) is 51.3 Å². The van der Waals surface area contributed by atoms with Gasteiger partial charge in [0, 0.05) is 48.1 Å². The Bertz CT molecular complexity index is 1020. The van der Waals surface area contributed by atoms with Crippen LogP contribution < -0.4 is 20.3 Å². The van der Waals surface area contributed by atoms with Crippen LogP contribution in [0, 0.1) is 12.3 Å². The van der Waals surface area contributed by atoms with Crippen molar-refractivity contribution in [2.45, 2.75) is 52.1 Å². The molecule has 3 N–H and O–H groups in total. The minimum absolute atomic E-state index is 0.138. The number of hydrogen-bond donors (Lipinski definition) is 3. The van der Waals surface area contributed by atoms with Crippen molar-refractivity contribution in [3.05, 3.63) is 34.5 Å². The summed E-state index contributed by atoms with van der Waals surface area (Å²) in [5, 5.41) is 17.1. The molecule has 2 aromatic rings. The second-order valence-corrected chi connectivity index (χ2v) is 11.3. The predicted octanol–water partition coefficient (Wildman–Crippen LogP) is 3.55. The number of likely N-dealkylation sites (N-methyl/N-ethyl adjacent to an activating group) is 1. The van der Waals surface area contributed by atoms with Gasteiger partial charge in [-0.3, -0.25) is 0 Å². The lowest BCUT2D eigenvalue weighted by atomic mass is 9.86. The van der Waals surface area contributed by atoms with Gasteiger partial charge in [0.05, 0.1) is 10.7 Å². The van der Waals surface area contributed by atoms with Crippen LogP contribution in [-0.2, 0) is 5.41 Å². The van der Waals surface area contributed by atoms with Crippen LogP contribution in [0.1, 0.15) is 44.9 Å². The van der Waals surface area contributed by atoms with Crippen LogP contribution in [0.15, 0.2) is 18.2 Å². The minimum atomic E-state index is -0.591. The Kier molecular flexibility index (Phi) is 7.38. The molecule has 0 saturated carbocycles. The topological polar surface area (TPSA) is 82.5 Å². The first kappa shape index (κ1) is 25.2. The number of nitrogens with zero attached hydrogens (tertiary/aromatic N) is 3. The standard InChI is InChI=1S/C26H38ClN5O2/c1-17-22(25(2,3)4)30-23(31-24(17)32-11-9-26(16-32)8-10-29-15-26)20-12-19(6-7-21(20)27)34-14-18(33)13-28-5/h6-7,12,18,28-29,33H,8-11,13-16H2,1-5H3/t18-,26?/m1/s1. The van der Waals surface area contributed by atoms with E-state index < -0.39 is 6.10 Å². The molecule has 2 saturated heterocycles. The first-order valence-corrected chi connectivity index (χ1v) is 12.6. The number of anilines is 1. The van der Waals surface area contributed by atoms with Gasteiger partial charge < -0.3 is 25.4 Å². The zero-order valence-electron chi connectivity index (χ0n) is 21.0. The molecule has 7 nitrogen and oxygen atoms in total. The highest BCUT2D eigenvalue weighted by molar-refractivity contribution is 6.33. The van der Waals surface area contributed by atoms with Crippen molar-refractivity contribution < 1.29 is 9.84 Å². The van der Waals surface area contributed by atoms with Crippen molar-refractivity contribution in [3.63, 3.8) is 0 Å². The molecular weight excluding hydrogens is 450 g/mol. The van der Waals surface area contributed by atoms with E-state index in [1.165, 1.54) is 12.8 Å². The van der Waals surface area contributed by atoms with E-state index in [0.717, 1.165) is 48.8 Å². The number of hydrogen-bond acceptors (Lipinski definition) is 7. The summed E-state index contributed by atoms with van der Waals surface area (Å²) in [6.07, 6.45) is 1.81. The normalized spacial score (nSPS) is 21.4. The number of halogens is 1. The summed E-state index contributed by atoms with van der Waals surface area (Å²) in [5.41, 5.74) is 3.12. The average molecular weight is 488 g/mol. The predicted molar refractivity (Wildman–Crippen MR) is 138 cm³/mol. The lowest BCUT2D eigenvalue weighted by molar-refractivity contribution is 0.108. The Morgan fingerprint density at radius 2 is 2.09 bits per heavy atom. The molecule has 4 rings (SSSR count). The maximum Gasteiger partial charge on any atom is 0.163 e. The van der Waals surface area contributed by atoms with Gasteiger partial charge in [-0.1, -0.05) is 32.4 Å². The van der Waals surface area contributed by atoms with Crippen LogP contribution in [0.2, 0.25) is 5.02 Å². The molecule has 8 heteroatoms. The van der Waals surface area contributed by atoms with Crippen LogP contribution in [0.4, 0.5) is 5.82 Å². The van der Waals surface area contributed by atoms with E-state index >= 15 is 0 Å². The summed E-state index contributed by atoms with van der Waals surface area (Å²) in [6.45, 7) is 13.6. The average Bonchev–Trinajstić information content (AvgIpc) is 3.42. The van der Waals surface area contributed by atoms with E-state index in [4.69, 9.17) is 26.3 Å². The van der Waals surface area contributed by atoms with Crippen LogP contribution in [0.3, 0.4) is 0 Å².